The second-order valence-corrected chi connectivity index (χ2v) is 4.48. The highest BCUT2D eigenvalue weighted by Gasteiger charge is 2.04. The van der Waals surface area contributed by atoms with Crippen LogP contribution >= 0.6 is 24.0 Å². The summed E-state index contributed by atoms with van der Waals surface area (Å²) in [6, 6.07) is 5.91. The summed E-state index contributed by atoms with van der Waals surface area (Å²) in [6.45, 7) is 6.67. The number of guanidine groups is 1. The van der Waals surface area contributed by atoms with Crippen LogP contribution in [-0.4, -0.2) is 40.2 Å². The number of halogens is 1. The van der Waals surface area contributed by atoms with Crippen molar-refractivity contribution in [2.24, 2.45) is 4.99 Å². The molecule has 2 heterocycles. The van der Waals surface area contributed by atoms with Crippen LogP contribution < -0.4 is 10.6 Å². The number of pyridine rings is 1. The van der Waals surface area contributed by atoms with E-state index in [1.807, 2.05) is 28.8 Å². The van der Waals surface area contributed by atoms with E-state index in [-0.39, 0.29) is 24.0 Å². The van der Waals surface area contributed by atoms with E-state index in [1.54, 1.807) is 0 Å². The van der Waals surface area contributed by atoms with E-state index in [9.17, 15) is 0 Å². The highest BCUT2D eigenvalue weighted by atomic mass is 127. The lowest BCUT2D eigenvalue weighted by Gasteiger charge is -2.10. The summed E-state index contributed by atoms with van der Waals surface area (Å²) >= 11 is 0. The lowest BCUT2D eigenvalue weighted by Crippen LogP contribution is -2.38. The summed E-state index contributed by atoms with van der Waals surface area (Å²) in [5.41, 5.74) is 0.883. The number of fused-ring (bicyclic) bond motifs is 1. The zero-order valence-corrected chi connectivity index (χ0v) is 14.9. The third kappa shape index (κ3) is 5.14. The number of aromatic nitrogens is 3. The zero-order valence-electron chi connectivity index (χ0n) is 12.5. The summed E-state index contributed by atoms with van der Waals surface area (Å²) in [5, 5.41) is 14.9. The maximum absolute atomic E-state index is 4.46. The standard InChI is InChI=1S/C14H22N6.HI/c1-3-9-16-14(15-4-2)17-10-8-13-19-18-12-7-5-6-11-20(12)13;/h5-7,11H,3-4,8-10H2,1-2H3,(H2,15,16,17);1H. The summed E-state index contributed by atoms with van der Waals surface area (Å²) < 4.78 is 2.01. The first kappa shape index (κ1) is 17.7. The third-order valence-corrected chi connectivity index (χ3v) is 2.86. The molecule has 0 aliphatic heterocycles. The lowest BCUT2D eigenvalue weighted by molar-refractivity contribution is 0.760. The average molecular weight is 402 g/mol. The fourth-order valence-electron chi connectivity index (χ4n) is 1.92. The lowest BCUT2D eigenvalue weighted by atomic mass is 10.4. The molecule has 6 nitrogen and oxygen atoms in total. The van der Waals surface area contributed by atoms with Crippen molar-refractivity contribution < 1.29 is 0 Å². The van der Waals surface area contributed by atoms with E-state index in [2.05, 4.69) is 39.7 Å². The van der Waals surface area contributed by atoms with Crippen molar-refractivity contribution in [2.45, 2.75) is 26.7 Å². The zero-order chi connectivity index (χ0) is 14.2. The van der Waals surface area contributed by atoms with Gasteiger partial charge in [0.25, 0.3) is 0 Å². The molecule has 0 bridgehead atoms. The van der Waals surface area contributed by atoms with Gasteiger partial charge in [0.1, 0.15) is 5.82 Å². The van der Waals surface area contributed by atoms with E-state index in [4.69, 9.17) is 0 Å². The highest BCUT2D eigenvalue weighted by molar-refractivity contribution is 14.0. The van der Waals surface area contributed by atoms with Gasteiger partial charge >= 0.3 is 0 Å². The van der Waals surface area contributed by atoms with Crippen LogP contribution in [0.3, 0.4) is 0 Å². The van der Waals surface area contributed by atoms with E-state index < -0.39 is 0 Å². The molecule has 0 radical (unpaired) electrons. The summed E-state index contributed by atoms with van der Waals surface area (Å²) in [7, 11) is 0. The Labute approximate surface area is 142 Å². The van der Waals surface area contributed by atoms with Gasteiger partial charge in [-0.25, -0.2) is 0 Å². The molecule has 0 spiro atoms. The van der Waals surface area contributed by atoms with Crippen LogP contribution in [0.4, 0.5) is 0 Å². The monoisotopic (exact) mass is 402 g/mol. The van der Waals surface area contributed by atoms with Crippen molar-refractivity contribution in [3.63, 3.8) is 0 Å². The molecule has 2 rings (SSSR count). The fraction of sp³-hybridized carbons (Fsp3) is 0.500. The predicted molar refractivity (Wildman–Crippen MR) is 96.4 cm³/mol. The number of nitrogens with one attached hydrogen (secondary N) is 2. The molecular formula is C14H23IN6. The first-order valence-corrected chi connectivity index (χ1v) is 7.16. The summed E-state index contributed by atoms with van der Waals surface area (Å²) in [4.78, 5) is 4.46. The largest absolute Gasteiger partial charge is 0.357 e. The maximum atomic E-state index is 4.46. The maximum Gasteiger partial charge on any atom is 0.191 e. The molecule has 7 heteroatoms. The van der Waals surface area contributed by atoms with E-state index in [0.717, 1.165) is 49.9 Å². The molecule has 0 atom stereocenters. The molecule has 116 valence electrons. The molecule has 21 heavy (non-hydrogen) atoms. The van der Waals surface area contributed by atoms with Crippen molar-refractivity contribution in [1.82, 2.24) is 25.2 Å². The van der Waals surface area contributed by atoms with Gasteiger partial charge in [-0.2, -0.15) is 0 Å². The topological polar surface area (TPSA) is 66.6 Å². The van der Waals surface area contributed by atoms with E-state index in [0.29, 0.717) is 0 Å². The fourth-order valence-corrected chi connectivity index (χ4v) is 1.92. The second kappa shape index (κ2) is 9.54. The quantitative estimate of drug-likeness (QED) is 0.440. The van der Waals surface area contributed by atoms with E-state index >= 15 is 0 Å². The van der Waals surface area contributed by atoms with Crippen molar-refractivity contribution in [3.8, 4) is 0 Å². The molecule has 0 aromatic carbocycles. The molecular weight excluding hydrogens is 379 g/mol. The van der Waals surface area contributed by atoms with Gasteiger partial charge in [0.05, 0.1) is 0 Å². The van der Waals surface area contributed by atoms with Gasteiger partial charge in [-0.1, -0.05) is 13.0 Å². The van der Waals surface area contributed by atoms with Gasteiger partial charge in [0, 0.05) is 32.3 Å². The molecule has 0 aliphatic rings. The van der Waals surface area contributed by atoms with Gasteiger partial charge < -0.3 is 10.6 Å². The normalized spacial score (nSPS) is 11.2. The molecule has 0 saturated carbocycles. The molecule has 2 aromatic heterocycles. The van der Waals surface area contributed by atoms with Crippen LogP contribution in [0, 0.1) is 0 Å². The molecule has 0 amide bonds. The second-order valence-electron chi connectivity index (χ2n) is 4.48. The minimum Gasteiger partial charge on any atom is -0.357 e. The summed E-state index contributed by atoms with van der Waals surface area (Å²) in [6.07, 6.45) is 3.84. The highest BCUT2D eigenvalue weighted by Crippen LogP contribution is 2.02. The molecule has 2 N–H and O–H groups in total. The number of hydrogen-bond acceptors (Lipinski definition) is 3. The first-order chi connectivity index (χ1) is 9.85. The SMILES string of the molecule is CCCN=C(NCC)NCCc1nnc2ccccn12.I. The molecule has 0 saturated heterocycles. The average Bonchev–Trinajstić information content (AvgIpc) is 2.88. The van der Waals surface area contributed by atoms with Crippen molar-refractivity contribution in [2.75, 3.05) is 19.6 Å². The Morgan fingerprint density at radius 3 is 2.86 bits per heavy atom. The Balaban J connectivity index is 0.00000220. The number of hydrogen-bond donors (Lipinski definition) is 2. The van der Waals surface area contributed by atoms with Gasteiger partial charge in [0.2, 0.25) is 0 Å². The first-order valence-electron chi connectivity index (χ1n) is 7.16. The number of aliphatic imine (C=N–C) groups is 1. The number of rotatable bonds is 6. The Hall–Kier alpha value is -1.38. The van der Waals surface area contributed by atoms with Crippen LogP contribution in [0.5, 0.6) is 0 Å². The Morgan fingerprint density at radius 1 is 1.24 bits per heavy atom. The van der Waals surface area contributed by atoms with Crippen LogP contribution in [0.1, 0.15) is 26.1 Å². The minimum atomic E-state index is 0. The van der Waals surface area contributed by atoms with Gasteiger partial charge in [-0.15, -0.1) is 34.2 Å². The molecule has 2 aromatic rings. The smallest absolute Gasteiger partial charge is 0.191 e. The minimum absolute atomic E-state index is 0. The van der Waals surface area contributed by atoms with Gasteiger partial charge in [-0.3, -0.25) is 9.39 Å². The third-order valence-electron chi connectivity index (χ3n) is 2.86. The van der Waals surface area contributed by atoms with Crippen molar-refractivity contribution >= 4 is 35.6 Å². The Bertz CT molecular complexity index is 565. The molecule has 0 fully saturated rings. The van der Waals surface area contributed by atoms with Crippen molar-refractivity contribution in [1.29, 1.82) is 0 Å². The van der Waals surface area contributed by atoms with Crippen molar-refractivity contribution in [3.05, 3.63) is 30.2 Å². The van der Waals surface area contributed by atoms with E-state index in [1.165, 1.54) is 0 Å². The Kier molecular flexibility index (Phi) is 8.03. The van der Waals surface area contributed by atoms with Gasteiger partial charge in [-0.05, 0) is 25.5 Å². The van der Waals surface area contributed by atoms with Gasteiger partial charge in [0.15, 0.2) is 11.6 Å². The number of nitrogens with zero attached hydrogens (tertiary/aromatic N) is 4. The van der Waals surface area contributed by atoms with Crippen LogP contribution in [0.15, 0.2) is 29.4 Å². The predicted octanol–water partition coefficient (Wildman–Crippen LogP) is 1.85. The Morgan fingerprint density at radius 2 is 2.10 bits per heavy atom. The molecule has 0 aliphatic carbocycles. The summed E-state index contributed by atoms with van der Waals surface area (Å²) in [5.74, 6) is 1.82. The van der Waals surface area contributed by atoms with Crippen LogP contribution in [0.25, 0.3) is 5.65 Å². The van der Waals surface area contributed by atoms with Crippen LogP contribution in [-0.2, 0) is 6.42 Å². The molecule has 0 unspecified atom stereocenters. The van der Waals surface area contributed by atoms with Crippen LogP contribution in [0.2, 0.25) is 0 Å².